The quantitative estimate of drug-likeness (QED) is 0.172. The Bertz CT molecular complexity index is 2890. The van der Waals surface area contributed by atoms with Crippen LogP contribution in [0.5, 0.6) is 0 Å². The van der Waals surface area contributed by atoms with Gasteiger partial charge in [-0.15, -0.1) is 0 Å². The number of nitrogens with zero attached hydrogens (tertiary/aromatic N) is 4. The van der Waals surface area contributed by atoms with Gasteiger partial charge in [0.05, 0.1) is 16.6 Å². The summed E-state index contributed by atoms with van der Waals surface area (Å²) >= 11 is 0. The molecule has 0 bridgehead atoms. The van der Waals surface area contributed by atoms with Gasteiger partial charge >= 0.3 is 0 Å². The van der Waals surface area contributed by atoms with Gasteiger partial charge in [0.2, 0.25) is 0 Å². The Balaban J connectivity index is 1.23. The largest absolute Gasteiger partial charge is 0.294 e. The highest BCUT2D eigenvalue weighted by atomic mass is 15.1. The molecule has 0 aliphatic carbocycles. The van der Waals surface area contributed by atoms with Gasteiger partial charge < -0.3 is 0 Å². The fraction of sp³-hybridized carbons (Fsp3) is 0. The van der Waals surface area contributed by atoms with Gasteiger partial charge in [-0.05, 0) is 105 Å². The van der Waals surface area contributed by atoms with Crippen LogP contribution in [0.3, 0.4) is 0 Å². The topological polar surface area (TPSA) is 35.6 Å². The van der Waals surface area contributed by atoms with Crippen molar-refractivity contribution in [1.82, 2.24) is 19.1 Å². The van der Waals surface area contributed by atoms with E-state index in [1.165, 1.54) is 11.1 Å². The fourth-order valence-electron chi connectivity index (χ4n) is 8.31. The summed E-state index contributed by atoms with van der Waals surface area (Å²) in [6.07, 6.45) is 1.88. The molecule has 7 aromatic carbocycles. The predicted molar refractivity (Wildman–Crippen MR) is 232 cm³/mol. The summed E-state index contributed by atoms with van der Waals surface area (Å²) in [6, 6.07) is 71.4. The number of benzene rings is 7. The number of hydrogen-bond donors (Lipinski definition) is 0. The van der Waals surface area contributed by atoms with E-state index in [-0.39, 0.29) is 0 Å². The van der Waals surface area contributed by atoms with E-state index in [9.17, 15) is 0 Å². The number of fused-ring (bicyclic) bond motifs is 6. The monoisotopic (exact) mass is 714 g/mol. The Kier molecular flexibility index (Phi) is 7.46. The van der Waals surface area contributed by atoms with Crippen LogP contribution in [0, 0.1) is 0 Å². The van der Waals surface area contributed by atoms with Gasteiger partial charge in [0, 0.05) is 33.7 Å². The van der Waals surface area contributed by atoms with E-state index in [0.717, 1.165) is 88.8 Å². The number of pyridine rings is 2. The Morgan fingerprint density at radius 3 is 1.21 bits per heavy atom. The first-order valence-corrected chi connectivity index (χ1v) is 19.0. The number of aromatic nitrogens is 4. The minimum atomic E-state index is 0.863. The first-order valence-electron chi connectivity index (χ1n) is 19.0. The maximum Gasteiger partial charge on any atom is 0.149 e. The van der Waals surface area contributed by atoms with Crippen LogP contribution in [0.25, 0.3) is 99.9 Å². The average Bonchev–Trinajstić information content (AvgIpc) is 3.78. The first-order chi connectivity index (χ1) is 27.8. The Morgan fingerprint density at radius 2 is 0.714 bits per heavy atom. The zero-order chi connectivity index (χ0) is 37.0. The number of rotatable bonds is 6. The molecule has 11 rings (SSSR count). The third-order valence-corrected chi connectivity index (χ3v) is 10.9. The lowest BCUT2D eigenvalue weighted by Crippen LogP contribution is -2.00. The van der Waals surface area contributed by atoms with Crippen LogP contribution in [-0.2, 0) is 0 Å². The summed E-state index contributed by atoms with van der Waals surface area (Å²) in [4.78, 5) is 10.7. The van der Waals surface area contributed by atoms with Crippen molar-refractivity contribution >= 4 is 44.0 Å². The van der Waals surface area contributed by atoms with E-state index in [4.69, 9.17) is 9.97 Å². The van der Waals surface area contributed by atoms with Crippen molar-refractivity contribution in [3.63, 3.8) is 0 Å². The lowest BCUT2D eigenvalue weighted by molar-refractivity contribution is 1.11. The van der Waals surface area contributed by atoms with E-state index < -0.39 is 0 Å². The minimum Gasteiger partial charge on any atom is -0.294 e. The van der Waals surface area contributed by atoms with E-state index in [1.54, 1.807) is 0 Å². The highest BCUT2D eigenvalue weighted by Crippen LogP contribution is 2.40. The molecule has 0 unspecified atom stereocenters. The molecule has 4 nitrogen and oxygen atoms in total. The van der Waals surface area contributed by atoms with Gasteiger partial charge in [0.25, 0.3) is 0 Å². The van der Waals surface area contributed by atoms with Crippen LogP contribution >= 0.6 is 0 Å². The van der Waals surface area contributed by atoms with Crippen molar-refractivity contribution in [1.29, 1.82) is 0 Å². The Morgan fingerprint density at radius 1 is 0.304 bits per heavy atom. The van der Waals surface area contributed by atoms with Crippen molar-refractivity contribution < 1.29 is 0 Å². The number of para-hydroxylation sites is 1. The van der Waals surface area contributed by atoms with Crippen molar-refractivity contribution in [3.05, 3.63) is 206 Å². The maximum atomic E-state index is 5.70. The molecule has 4 aromatic heterocycles. The second-order valence-corrected chi connectivity index (χ2v) is 14.3. The molecule has 56 heavy (non-hydrogen) atoms. The van der Waals surface area contributed by atoms with Crippen molar-refractivity contribution in [2.45, 2.75) is 0 Å². The van der Waals surface area contributed by atoms with Crippen molar-refractivity contribution in [2.75, 3.05) is 0 Å². The van der Waals surface area contributed by atoms with Crippen LogP contribution in [0.15, 0.2) is 206 Å². The molecule has 0 aliphatic heterocycles. The summed E-state index contributed by atoms with van der Waals surface area (Å²) in [5, 5.41) is 3.26. The summed E-state index contributed by atoms with van der Waals surface area (Å²) < 4.78 is 4.64. The normalized spacial score (nSPS) is 11.6. The summed E-state index contributed by atoms with van der Waals surface area (Å²) in [7, 11) is 0. The van der Waals surface area contributed by atoms with Crippen LogP contribution in [-0.4, -0.2) is 19.1 Å². The Hall–Kier alpha value is -7.56. The maximum absolute atomic E-state index is 5.70. The molecule has 0 atom stereocenters. The molecule has 11 aromatic rings. The smallest absolute Gasteiger partial charge is 0.149 e. The van der Waals surface area contributed by atoms with Crippen LogP contribution < -0.4 is 0 Å². The lowest BCUT2D eigenvalue weighted by Gasteiger charge is -2.15. The predicted octanol–water partition coefficient (Wildman–Crippen LogP) is 13.3. The molecule has 0 spiro atoms. The second kappa shape index (κ2) is 13.1. The van der Waals surface area contributed by atoms with Gasteiger partial charge in [0.1, 0.15) is 11.3 Å². The molecule has 0 saturated carbocycles. The molecule has 0 aliphatic rings. The van der Waals surface area contributed by atoms with Crippen LogP contribution in [0.1, 0.15) is 0 Å². The first kappa shape index (κ1) is 31.9. The van der Waals surface area contributed by atoms with Gasteiger partial charge in [-0.3, -0.25) is 14.1 Å². The molecular formula is C52H34N4. The zero-order valence-electron chi connectivity index (χ0n) is 30.4. The molecular weight excluding hydrogens is 681 g/mol. The third kappa shape index (κ3) is 5.31. The van der Waals surface area contributed by atoms with Gasteiger partial charge in [-0.25, -0.2) is 4.98 Å². The summed E-state index contributed by atoms with van der Waals surface area (Å²) in [5.74, 6) is 0. The Labute approximate surface area is 324 Å². The molecule has 4 heteroatoms. The summed E-state index contributed by atoms with van der Waals surface area (Å²) in [6.45, 7) is 0. The fourth-order valence-corrected chi connectivity index (χ4v) is 8.31. The van der Waals surface area contributed by atoms with Gasteiger partial charge in [0.15, 0.2) is 0 Å². The zero-order valence-corrected chi connectivity index (χ0v) is 30.4. The van der Waals surface area contributed by atoms with E-state index in [1.807, 2.05) is 12.3 Å². The van der Waals surface area contributed by atoms with E-state index in [0.29, 0.717) is 0 Å². The molecule has 262 valence electrons. The third-order valence-electron chi connectivity index (χ3n) is 10.9. The van der Waals surface area contributed by atoms with Crippen molar-refractivity contribution in [3.8, 4) is 55.9 Å². The lowest BCUT2D eigenvalue weighted by atomic mass is 9.98. The minimum absolute atomic E-state index is 0.863. The van der Waals surface area contributed by atoms with Crippen LogP contribution in [0.2, 0.25) is 0 Å². The SMILES string of the molecule is c1ccc(-c2cc(-c3ccccc3)cc(-n3c4ccccc4c4cc5c6ncccc6n(-c6cc(-c7ccccc7)cc(-c7ccccc7)c6)c5nc43)c2)cc1. The molecule has 0 N–H and O–H groups in total. The highest BCUT2D eigenvalue weighted by Gasteiger charge is 2.22. The summed E-state index contributed by atoms with van der Waals surface area (Å²) in [5.41, 5.74) is 16.1. The molecule has 0 amide bonds. The number of hydrogen-bond acceptors (Lipinski definition) is 2. The molecule has 0 fully saturated rings. The van der Waals surface area contributed by atoms with Crippen LogP contribution in [0.4, 0.5) is 0 Å². The van der Waals surface area contributed by atoms with Gasteiger partial charge in [-0.2, -0.15) is 0 Å². The second-order valence-electron chi connectivity index (χ2n) is 14.3. The van der Waals surface area contributed by atoms with E-state index in [2.05, 4.69) is 203 Å². The van der Waals surface area contributed by atoms with Gasteiger partial charge in [-0.1, -0.05) is 140 Å². The molecule has 0 radical (unpaired) electrons. The average molecular weight is 715 g/mol. The standard InChI is InChI=1S/C52H34N4/c1-5-16-35(17-6-1)39-28-40(36-18-7-2-8-19-36)31-43(30-39)55-48-25-14-13-24-45(48)46-34-47-50-49(26-15-27-53-50)56(52(47)54-51(46)55)44-32-41(37-20-9-3-10-21-37)29-42(33-44)38-22-11-4-12-23-38/h1-34H. The molecule has 0 saturated heterocycles. The van der Waals surface area contributed by atoms with E-state index >= 15 is 0 Å². The molecule has 4 heterocycles. The highest BCUT2D eigenvalue weighted by molar-refractivity contribution is 6.16. The van der Waals surface area contributed by atoms with Crippen molar-refractivity contribution in [2.24, 2.45) is 0 Å².